The lowest BCUT2D eigenvalue weighted by Gasteiger charge is -2.28. The van der Waals surface area contributed by atoms with Gasteiger partial charge in [0.1, 0.15) is 18.1 Å². The summed E-state index contributed by atoms with van der Waals surface area (Å²) in [6.45, 7) is 5.49. The predicted octanol–water partition coefficient (Wildman–Crippen LogP) is 2.23. The first-order chi connectivity index (χ1) is 13.4. The summed E-state index contributed by atoms with van der Waals surface area (Å²) in [5, 5.41) is 20.2. The van der Waals surface area contributed by atoms with Crippen molar-refractivity contribution < 1.29 is 24.5 Å². The zero-order valence-corrected chi connectivity index (χ0v) is 16.3. The SMILES string of the molecule is COCCOc1ncc2c(n1)CCN(C(=O)c1cc(C(C)C)c(O)cc1O)C2. The number of ether oxygens (including phenoxy) is 2. The number of phenolic OH excluding ortho intramolecular Hbond substituents is 2. The van der Waals surface area contributed by atoms with Crippen LogP contribution in [0, 0.1) is 0 Å². The highest BCUT2D eigenvalue weighted by atomic mass is 16.5. The zero-order valence-electron chi connectivity index (χ0n) is 16.3. The Morgan fingerprint density at radius 2 is 2.04 bits per heavy atom. The monoisotopic (exact) mass is 387 g/mol. The van der Waals surface area contributed by atoms with Crippen LogP contribution in [0.1, 0.15) is 46.9 Å². The van der Waals surface area contributed by atoms with Crippen LogP contribution < -0.4 is 4.74 Å². The van der Waals surface area contributed by atoms with E-state index < -0.39 is 0 Å². The summed E-state index contributed by atoms with van der Waals surface area (Å²) in [6, 6.07) is 3.09. The molecule has 2 N–H and O–H groups in total. The molecule has 8 heteroatoms. The highest BCUT2D eigenvalue weighted by Crippen LogP contribution is 2.33. The minimum Gasteiger partial charge on any atom is -0.508 e. The van der Waals surface area contributed by atoms with Gasteiger partial charge in [-0.05, 0) is 17.5 Å². The lowest BCUT2D eigenvalue weighted by molar-refractivity contribution is 0.0729. The van der Waals surface area contributed by atoms with Crippen molar-refractivity contribution in [2.45, 2.75) is 32.7 Å². The number of aromatic hydroxyl groups is 2. The van der Waals surface area contributed by atoms with E-state index in [1.54, 1.807) is 24.3 Å². The molecule has 1 aliphatic heterocycles. The number of benzene rings is 1. The van der Waals surface area contributed by atoms with Gasteiger partial charge >= 0.3 is 6.01 Å². The Bertz CT molecular complexity index is 869. The largest absolute Gasteiger partial charge is 0.508 e. The number of amides is 1. The number of hydrogen-bond acceptors (Lipinski definition) is 7. The number of hydrogen-bond donors (Lipinski definition) is 2. The molecule has 0 saturated heterocycles. The first-order valence-corrected chi connectivity index (χ1v) is 9.22. The molecule has 0 fully saturated rings. The molecule has 28 heavy (non-hydrogen) atoms. The Morgan fingerprint density at radius 3 is 2.75 bits per heavy atom. The summed E-state index contributed by atoms with van der Waals surface area (Å²) in [7, 11) is 1.60. The highest BCUT2D eigenvalue weighted by Gasteiger charge is 2.26. The molecule has 1 aliphatic rings. The van der Waals surface area contributed by atoms with Crippen LogP contribution >= 0.6 is 0 Å². The van der Waals surface area contributed by atoms with Crippen molar-refractivity contribution in [3.05, 3.63) is 40.7 Å². The Kier molecular flexibility index (Phi) is 5.99. The standard InChI is InChI=1S/C20H25N3O5/c1-12(2)14-8-15(18(25)9-17(14)24)19(26)23-5-4-16-13(11-23)10-21-20(22-16)28-7-6-27-3/h8-10,12,24-25H,4-7,11H2,1-3H3. The third kappa shape index (κ3) is 4.17. The Hall–Kier alpha value is -2.87. The number of carbonyl (C=O) groups is 1. The lowest BCUT2D eigenvalue weighted by atomic mass is 9.97. The number of rotatable bonds is 6. The van der Waals surface area contributed by atoms with E-state index >= 15 is 0 Å². The predicted molar refractivity (Wildman–Crippen MR) is 102 cm³/mol. The van der Waals surface area contributed by atoms with Crippen molar-refractivity contribution in [2.24, 2.45) is 0 Å². The smallest absolute Gasteiger partial charge is 0.316 e. The van der Waals surface area contributed by atoms with Crippen LogP contribution in [0.5, 0.6) is 17.5 Å². The fourth-order valence-corrected chi connectivity index (χ4v) is 3.16. The number of fused-ring (bicyclic) bond motifs is 1. The first kappa shape index (κ1) is 19.9. The number of methoxy groups -OCH3 is 1. The van der Waals surface area contributed by atoms with E-state index in [0.717, 1.165) is 11.3 Å². The number of phenols is 2. The maximum absolute atomic E-state index is 13.0. The number of carbonyl (C=O) groups excluding carboxylic acids is 1. The topological polar surface area (TPSA) is 105 Å². The molecule has 1 amide bonds. The van der Waals surface area contributed by atoms with Crippen molar-refractivity contribution in [3.8, 4) is 17.5 Å². The van der Waals surface area contributed by atoms with E-state index in [1.165, 1.54) is 6.07 Å². The fraction of sp³-hybridized carbons (Fsp3) is 0.450. The van der Waals surface area contributed by atoms with Crippen molar-refractivity contribution in [2.75, 3.05) is 26.9 Å². The minimum atomic E-state index is -0.287. The van der Waals surface area contributed by atoms with Crippen LogP contribution in [0.15, 0.2) is 18.3 Å². The van der Waals surface area contributed by atoms with Crippen LogP contribution in [0.4, 0.5) is 0 Å². The molecule has 0 spiro atoms. The van der Waals surface area contributed by atoms with E-state index in [0.29, 0.717) is 44.3 Å². The second-order valence-electron chi connectivity index (χ2n) is 7.03. The number of aromatic nitrogens is 2. The summed E-state index contributed by atoms with van der Waals surface area (Å²) in [4.78, 5) is 23.2. The maximum atomic E-state index is 13.0. The molecule has 0 saturated carbocycles. The zero-order chi connectivity index (χ0) is 20.3. The highest BCUT2D eigenvalue weighted by molar-refractivity contribution is 5.97. The molecular formula is C20H25N3O5. The molecule has 2 heterocycles. The van der Waals surface area contributed by atoms with Crippen LogP contribution in [0.25, 0.3) is 0 Å². The van der Waals surface area contributed by atoms with E-state index in [1.807, 2.05) is 13.8 Å². The van der Waals surface area contributed by atoms with E-state index in [9.17, 15) is 15.0 Å². The van der Waals surface area contributed by atoms with E-state index in [4.69, 9.17) is 9.47 Å². The average molecular weight is 387 g/mol. The molecule has 2 aromatic rings. The van der Waals surface area contributed by atoms with Gasteiger partial charge in [-0.25, -0.2) is 4.98 Å². The van der Waals surface area contributed by atoms with E-state index in [-0.39, 0.29) is 28.9 Å². The van der Waals surface area contributed by atoms with Gasteiger partial charge in [0.15, 0.2) is 0 Å². The van der Waals surface area contributed by atoms with Gasteiger partial charge in [-0.3, -0.25) is 4.79 Å². The maximum Gasteiger partial charge on any atom is 0.316 e. The lowest BCUT2D eigenvalue weighted by Crippen LogP contribution is -2.36. The molecule has 0 bridgehead atoms. The molecule has 1 aromatic heterocycles. The van der Waals surface area contributed by atoms with Gasteiger partial charge in [0.05, 0.1) is 17.9 Å². The second kappa shape index (κ2) is 8.43. The Morgan fingerprint density at radius 1 is 1.25 bits per heavy atom. The normalized spacial score (nSPS) is 13.5. The van der Waals surface area contributed by atoms with Gasteiger partial charge in [0.25, 0.3) is 5.91 Å². The minimum absolute atomic E-state index is 0.0116. The van der Waals surface area contributed by atoms with Crippen molar-refractivity contribution in [1.29, 1.82) is 0 Å². The molecule has 8 nitrogen and oxygen atoms in total. The quantitative estimate of drug-likeness (QED) is 0.732. The van der Waals surface area contributed by atoms with E-state index in [2.05, 4.69) is 9.97 Å². The van der Waals surface area contributed by atoms with Crippen molar-refractivity contribution >= 4 is 5.91 Å². The molecule has 0 aliphatic carbocycles. The molecular weight excluding hydrogens is 362 g/mol. The van der Waals surface area contributed by atoms with Gasteiger partial charge in [-0.15, -0.1) is 0 Å². The van der Waals surface area contributed by atoms with Gasteiger partial charge < -0.3 is 24.6 Å². The summed E-state index contributed by atoms with van der Waals surface area (Å²) in [6.07, 6.45) is 2.24. The van der Waals surface area contributed by atoms with Crippen molar-refractivity contribution in [3.63, 3.8) is 0 Å². The number of nitrogens with zero attached hydrogens (tertiary/aromatic N) is 3. The van der Waals surface area contributed by atoms with Crippen LogP contribution in [-0.4, -0.2) is 57.9 Å². The average Bonchev–Trinajstić information content (AvgIpc) is 2.67. The third-order valence-electron chi connectivity index (χ3n) is 4.72. The third-order valence-corrected chi connectivity index (χ3v) is 4.72. The van der Waals surface area contributed by atoms with Crippen molar-refractivity contribution in [1.82, 2.24) is 14.9 Å². The Labute approximate surface area is 163 Å². The van der Waals surface area contributed by atoms with Gasteiger partial charge in [0.2, 0.25) is 0 Å². The molecule has 150 valence electrons. The summed E-state index contributed by atoms with van der Waals surface area (Å²) in [5.41, 5.74) is 2.51. The summed E-state index contributed by atoms with van der Waals surface area (Å²) in [5.74, 6) is -0.497. The molecule has 0 unspecified atom stereocenters. The molecule has 3 rings (SSSR count). The molecule has 0 radical (unpaired) electrons. The van der Waals surface area contributed by atoms with Crippen LogP contribution in [0.3, 0.4) is 0 Å². The van der Waals surface area contributed by atoms with Gasteiger partial charge in [-0.1, -0.05) is 13.8 Å². The fourth-order valence-electron chi connectivity index (χ4n) is 3.16. The van der Waals surface area contributed by atoms with Gasteiger partial charge in [0, 0.05) is 44.4 Å². The second-order valence-corrected chi connectivity index (χ2v) is 7.03. The summed E-state index contributed by atoms with van der Waals surface area (Å²) < 4.78 is 10.4. The van der Waals surface area contributed by atoms with Crippen LogP contribution in [0.2, 0.25) is 0 Å². The molecule has 1 aromatic carbocycles. The Balaban J connectivity index is 1.77. The summed E-state index contributed by atoms with van der Waals surface area (Å²) >= 11 is 0. The first-order valence-electron chi connectivity index (χ1n) is 9.22. The van der Waals surface area contributed by atoms with Crippen LogP contribution in [-0.2, 0) is 17.7 Å². The van der Waals surface area contributed by atoms with Gasteiger partial charge in [-0.2, -0.15) is 4.98 Å². The molecule has 0 atom stereocenters.